The zero-order valence-corrected chi connectivity index (χ0v) is 13.0. The van der Waals surface area contributed by atoms with Crippen LogP contribution in [-0.2, 0) is 11.3 Å². The van der Waals surface area contributed by atoms with E-state index in [-0.39, 0.29) is 12.1 Å². The lowest BCUT2D eigenvalue weighted by Crippen LogP contribution is -2.40. The molecule has 1 fully saturated rings. The smallest absolute Gasteiger partial charge is 0.317 e. The van der Waals surface area contributed by atoms with Crippen molar-refractivity contribution >= 4 is 6.03 Å². The quantitative estimate of drug-likeness (QED) is 0.849. The molecule has 1 aliphatic heterocycles. The molecule has 0 bridgehead atoms. The molecule has 1 N–H and O–H groups in total. The Morgan fingerprint density at radius 2 is 2.33 bits per heavy atom. The first-order valence-corrected chi connectivity index (χ1v) is 7.28. The van der Waals surface area contributed by atoms with Gasteiger partial charge < -0.3 is 19.4 Å². The van der Waals surface area contributed by atoms with E-state index in [4.69, 9.17) is 9.15 Å². The fourth-order valence-corrected chi connectivity index (χ4v) is 2.64. The van der Waals surface area contributed by atoms with Gasteiger partial charge in [-0.3, -0.25) is 0 Å². The summed E-state index contributed by atoms with van der Waals surface area (Å²) < 4.78 is 10.9. The lowest BCUT2D eigenvalue weighted by atomic mass is 9.97. The van der Waals surface area contributed by atoms with E-state index < -0.39 is 0 Å². The molecule has 1 aromatic rings. The van der Waals surface area contributed by atoms with Crippen molar-refractivity contribution in [1.82, 2.24) is 10.2 Å². The zero-order chi connectivity index (χ0) is 15.4. The second-order valence-electron chi connectivity index (χ2n) is 5.73. The minimum Gasteiger partial charge on any atom is -0.469 e. The third-order valence-electron chi connectivity index (χ3n) is 3.94. The molecule has 2 rings (SSSR count). The molecule has 1 saturated heterocycles. The third kappa shape index (κ3) is 3.88. The maximum Gasteiger partial charge on any atom is 0.317 e. The number of rotatable bonds is 5. The van der Waals surface area contributed by atoms with Gasteiger partial charge in [-0.25, -0.2) is 4.79 Å². The standard InChI is InChI=1S/C16H24N2O3/c1-11(2)15-13(5-8-21-15)9-17-16(19)18(4)10-14-6-7-20-12(14)3/h6-7,13,15H,1,5,8-10H2,2-4H3,(H,17,19). The first kappa shape index (κ1) is 15.6. The molecule has 2 unspecified atom stereocenters. The Hall–Kier alpha value is -1.75. The normalized spacial score (nSPS) is 21.3. The van der Waals surface area contributed by atoms with Crippen molar-refractivity contribution in [1.29, 1.82) is 0 Å². The van der Waals surface area contributed by atoms with Crippen LogP contribution >= 0.6 is 0 Å². The van der Waals surface area contributed by atoms with E-state index in [1.165, 1.54) is 0 Å². The lowest BCUT2D eigenvalue weighted by Gasteiger charge is -2.22. The largest absolute Gasteiger partial charge is 0.469 e. The van der Waals surface area contributed by atoms with E-state index in [1.54, 1.807) is 18.2 Å². The van der Waals surface area contributed by atoms with Gasteiger partial charge in [-0.05, 0) is 26.3 Å². The average Bonchev–Trinajstić information content (AvgIpc) is 3.05. The van der Waals surface area contributed by atoms with E-state index in [2.05, 4.69) is 11.9 Å². The van der Waals surface area contributed by atoms with Gasteiger partial charge in [0, 0.05) is 31.7 Å². The summed E-state index contributed by atoms with van der Waals surface area (Å²) in [6.07, 6.45) is 2.67. The topological polar surface area (TPSA) is 54.7 Å². The van der Waals surface area contributed by atoms with Crippen molar-refractivity contribution in [3.8, 4) is 0 Å². The Morgan fingerprint density at radius 1 is 1.57 bits per heavy atom. The molecular formula is C16H24N2O3. The summed E-state index contributed by atoms with van der Waals surface area (Å²) >= 11 is 0. The van der Waals surface area contributed by atoms with Gasteiger partial charge in [0.25, 0.3) is 0 Å². The Labute approximate surface area is 125 Å². The highest BCUT2D eigenvalue weighted by Gasteiger charge is 2.29. The maximum absolute atomic E-state index is 12.1. The molecule has 1 aromatic heterocycles. The maximum atomic E-state index is 12.1. The number of carbonyl (C=O) groups excluding carboxylic acids is 1. The van der Waals surface area contributed by atoms with Gasteiger partial charge >= 0.3 is 6.03 Å². The molecule has 0 spiro atoms. The fourth-order valence-electron chi connectivity index (χ4n) is 2.64. The highest BCUT2D eigenvalue weighted by Crippen LogP contribution is 2.25. The van der Waals surface area contributed by atoms with E-state index in [9.17, 15) is 4.79 Å². The number of furan rings is 1. The minimum absolute atomic E-state index is 0.0618. The van der Waals surface area contributed by atoms with Crippen LogP contribution in [0.3, 0.4) is 0 Å². The van der Waals surface area contributed by atoms with Crippen LogP contribution < -0.4 is 5.32 Å². The number of amides is 2. The number of nitrogens with zero attached hydrogens (tertiary/aromatic N) is 1. The molecule has 2 heterocycles. The van der Waals surface area contributed by atoms with Crippen molar-refractivity contribution in [2.45, 2.75) is 32.9 Å². The van der Waals surface area contributed by atoms with E-state index >= 15 is 0 Å². The molecule has 116 valence electrons. The highest BCUT2D eigenvalue weighted by atomic mass is 16.5. The SMILES string of the molecule is C=C(C)C1OCCC1CNC(=O)N(C)Cc1ccoc1C. The van der Waals surface area contributed by atoms with Crippen molar-refractivity contribution in [3.05, 3.63) is 35.8 Å². The predicted molar refractivity (Wildman–Crippen MR) is 81.0 cm³/mol. The molecule has 5 nitrogen and oxygen atoms in total. The predicted octanol–water partition coefficient (Wildman–Crippen LogP) is 2.71. The summed E-state index contributed by atoms with van der Waals surface area (Å²) in [5.74, 6) is 1.16. The number of ether oxygens (including phenoxy) is 1. The monoisotopic (exact) mass is 292 g/mol. The van der Waals surface area contributed by atoms with Crippen LogP contribution in [0, 0.1) is 12.8 Å². The van der Waals surface area contributed by atoms with Gasteiger partial charge in [0.15, 0.2) is 0 Å². The number of urea groups is 1. The van der Waals surface area contributed by atoms with Crippen LogP contribution in [0.1, 0.15) is 24.7 Å². The summed E-state index contributed by atoms with van der Waals surface area (Å²) in [4.78, 5) is 13.8. The summed E-state index contributed by atoms with van der Waals surface area (Å²) in [5.41, 5.74) is 2.05. The van der Waals surface area contributed by atoms with Crippen LogP contribution in [0.5, 0.6) is 0 Å². The number of nitrogens with one attached hydrogen (secondary N) is 1. The lowest BCUT2D eigenvalue weighted by molar-refractivity contribution is 0.118. The molecular weight excluding hydrogens is 268 g/mol. The zero-order valence-electron chi connectivity index (χ0n) is 13.0. The highest BCUT2D eigenvalue weighted by molar-refractivity contribution is 5.73. The third-order valence-corrected chi connectivity index (χ3v) is 3.94. The van der Waals surface area contributed by atoms with Gasteiger partial charge in [-0.1, -0.05) is 12.2 Å². The van der Waals surface area contributed by atoms with Crippen LogP contribution in [-0.4, -0.2) is 37.2 Å². The first-order chi connectivity index (χ1) is 9.99. The Kier molecular flexibility index (Phi) is 5.07. The molecule has 1 aliphatic rings. The summed E-state index contributed by atoms with van der Waals surface area (Å²) in [7, 11) is 1.78. The number of hydrogen-bond donors (Lipinski definition) is 1. The molecule has 0 saturated carbocycles. The molecule has 21 heavy (non-hydrogen) atoms. The van der Waals surface area contributed by atoms with Crippen molar-refractivity contribution in [2.75, 3.05) is 20.2 Å². The molecule has 0 radical (unpaired) electrons. The summed E-state index contributed by atoms with van der Waals surface area (Å²) in [6.45, 7) is 9.71. The Morgan fingerprint density at radius 3 is 2.95 bits per heavy atom. The van der Waals surface area contributed by atoms with Gasteiger partial charge in [0.2, 0.25) is 0 Å². The van der Waals surface area contributed by atoms with Crippen molar-refractivity contribution in [2.24, 2.45) is 5.92 Å². The van der Waals surface area contributed by atoms with Gasteiger partial charge in [0.05, 0.1) is 18.9 Å². The molecule has 2 amide bonds. The average molecular weight is 292 g/mol. The molecule has 0 aliphatic carbocycles. The van der Waals surface area contributed by atoms with Crippen molar-refractivity contribution < 1.29 is 13.9 Å². The van der Waals surface area contributed by atoms with Crippen LogP contribution in [0.15, 0.2) is 28.9 Å². The molecule has 0 aromatic carbocycles. The van der Waals surface area contributed by atoms with Crippen LogP contribution in [0.25, 0.3) is 0 Å². The second kappa shape index (κ2) is 6.80. The van der Waals surface area contributed by atoms with Crippen molar-refractivity contribution in [3.63, 3.8) is 0 Å². The Balaban J connectivity index is 1.81. The molecule has 2 atom stereocenters. The fraction of sp³-hybridized carbons (Fsp3) is 0.562. The summed E-state index contributed by atoms with van der Waals surface area (Å²) in [5, 5.41) is 2.98. The van der Waals surface area contributed by atoms with Gasteiger partial charge in [-0.15, -0.1) is 0 Å². The van der Waals surface area contributed by atoms with E-state index in [0.717, 1.165) is 29.9 Å². The second-order valence-corrected chi connectivity index (χ2v) is 5.73. The van der Waals surface area contributed by atoms with Crippen LogP contribution in [0.4, 0.5) is 4.79 Å². The number of aryl methyl sites for hydroxylation is 1. The number of hydrogen-bond acceptors (Lipinski definition) is 3. The van der Waals surface area contributed by atoms with Gasteiger partial charge in [-0.2, -0.15) is 0 Å². The molecule has 5 heteroatoms. The summed E-state index contributed by atoms with van der Waals surface area (Å²) in [6, 6.07) is 1.81. The van der Waals surface area contributed by atoms with E-state index in [0.29, 0.717) is 19.0 Å². The number of carbonyl (C=O) groups is 1. The van der Waals surface area contributed by atoms with Crippen LogP contribution in [0.2, 0.25) is 0 Å². The van der Waals surface area contributed by atoms with E-state index in [1.807, 2.05) is 19.9 Å². The first-order valence-electron chi connectivity index (χ1n) is 7.28. The van der Waals surface area contributed by atoms with Gasteiger partial charge in [0.1, 0.15) is 5.76 Å². The minimum atomic E-state index is -0.0806. The Bertz CT molecular complexity index is 509.